The van der Waals surface area contributed by atoms with Crippen LogP contribution in [0.15, 0.2) is 0 Å². The van der Waals surface area contributed by atoms with E-state index in [-0.39, 0.29) is 0 Å². The average molecular weight is 238 g/mol. The summed E-state index contributed by atoms with van der Waals surface area (Å²) in [6.07, 6.45) is 12.4. The van der Waals surface area contributed by atoms with Crippen LogP contribution in [0.3, 0.4) is 0 Å². The van der Waals surface area contributed by atoms with E-state index in [1.54, 1.807) is 0 Å². The normalized spacial score (nSPS) is 21.5. The Balaban J connectivity index is 2.51. The second-order valence-electron chi connectivity index (χ2n) is 6.41. The van der Waals surface area contributed by atoms with E-state index in [9.17, 15) is 0 Å². The third kappa shape index (κ3) is 4.12. The van der Waals surface area contributed by atoms with Gasteiger partial charge in [-0.1, -0.05) is 40.0 Å². The fraction of sp³-hybridized carbons (Fsp3) is 0.938. The summed E-state index contributed by atoms with van der Waals surface area (Å²) in [6.45, 7) is 7.11. The van der Waals surface area contributed by atoms with Crippen LogP contribution in [0.1, 0.15) is 65.7 Å². The number of hydrogen-bond donors (Lipinski definition) is 0. The van der Waals surface area contributed by atoms with Crippen molar-refractivity contribution in [2.24, 2.45) is 17.3 Å². The van der Waals surface area contributed by atoms with Crippen LogP contribution in [0.2, 0.25) is 0 Å². The molecule has 0 amide bonds. The third-order valence-corrected chi connectivity index (χ3v) is 5.04. The molecular formula is C16H32N+. The largest absolute Gasteiger partial charge is 0.245 e. The minimum absolute atomic E-state index is 0.728. The van der Waals surface area contributed by atoms with Crippen molar-refractivity contribution in [3.63, 3.8) is 0 Å². The zero-order valence-electron chi connectivity index (χ0n) is 12.6. The second-order valence-corrected chi connectivity index (χ2v) is 6.41. The molecule has 1 aliphatic carbocycles. The summed E-state index contributed by atoms with van der Waals surface area (Å²) in [7, 11) is 4.32. The van der Waals surface area contributed by atoms with Crippen molar-refractivity contribution in [1.29, 1.82) is 0 Å². The summed E-state index contributed by atoms with van der Waals surface area (Å²) >= 11 is 0. The molecule has 1 rings (SSSR count). The summed E-state index contributed by atoms with van der Waals surface area (Å²) in [6, 6.07) is 0. The van der Waals surface area contributed by atoms with Crippen LogP contribution in [0, 0.1) is 17.3 Å². The summed E-state index contributed by atoms with van der Waals surface area (Å²) < 4.78 is 2.25. The molecule has 17 heavy (non-hydrogen) atoms. The lowest BCUT2D eigenvalue weighted by atomic mass is 9.63. The molecule has 0 aromatic heterocycles. The lowest BCUT2D eigenvalue weighted by Crippen LogP contribution is -2.30. The zero-order chi connectivity index (χ0) is 12.9. The van der Waals surface area contributed by atoms with Crippen LogP contribution >= 0.6 is 0 Å². The molecule has 2 atom stereocenters. The van der Waals surface area contributed by atoms with E-state index in [0.717, 1.165) is 17.3 Å². The third-order valence-electron chi connectivity index (χ3n) is 5.04. The lowest BCUT2D eigenvalue weighted by Gasteiger charge is -2.42. The van der Waals surface area contributed by atoms with Gasteiger partial charge in [-0.3, -0.25) is 0 Å². The Morgan fingerprint density at radius 3 is 2.24 bits per heavy atom. The van der Waals surface area contributed by atoms with Crippen molar-refractivity contribution in [3.8, 4) is 0 Å². The molecule has 2 unspecified atom stereocenters. The first kappa shape index (κ1) is 14.7. The number of nitrogens with zero attached hydrogens (tertiary/aromatic N) is 1. The van der Waals surface area contributed by atoms with Crippen LogP contribution in [-0.2, 0) is 0 Å². The van der Waals surface area contributed by atoms with E-state index in [0.29, 0.717) is 0 Å². The molecule has 0 heterocycles. The smallest absolute Gasteiger partial charge is 0.142 e. The van der Waals surface area contributed by atoms with Crippen molar-refractivity contribution >= 4 is 6.21 Å². The molecule has 0 aliphatic heterocycles. The molecule has 0 bridgehead atoms. The van der Waals surface area contributed by atoms with Crippen molar-refractivity contribution in [2.45, 2.75) is 65.7 Å². The van der Waals surface area contributed by atoms with Crippen LogP contribution in [-0.4, -0.2) is 24.9 Å². The Hall–Kier alpha value is -0.330. The molecule has 1 nitrogen and oxygen atoms in total. The van der Waals surface area contributed by atoms with Crippen LogP contribution < -0.4 is 0 Å². The van der Waals surface area contributed by atoms with Gasteiger partial charge in [0.1, 0.15) is 20.3 Å². The zero-order valence-corrected chi connectivity index (χ0v) is 12.6. The van der Waals surface area contributed by atoms with Gasteiger partial charge in [-0.05, 0) is 37.0 Å². The van der Waals surface area contributed by atoms with Gasteiger partial charge >= 0.3 is 0 Å². The van der Waals surface area contributed by atoms with Gasteiger partial charge in [0.05, 0.1) is 0 Å². The van der Waals surface area contributed by atoms with Gasteiger partial charge in [0.25, 0.3) is 0 Å². The Bertz CT molecular complexity index is 241. The molecule has 0 spiro atoms. The highest BCUT2D eigenvalue weighted by molar-refractivity contribution is 5.55. The quantitative estimate of drug-likeness (QED) is 0.458. The fourth-order valence-corrected chi connectivity index (χ4v) is 3.12. The minimum Gasteiger partial charge on any atom is -0.245 e. The van der Waals surface area contributed by atoms with E-state index in [1.165, 1.54) is 44.9 Å². The average Bonchev–Trinajstić information content (AvgIpc) is 2.25. The fourth-order valence-electron chi connectivity index (χ4n) is 3.12. The second kappa shape index (κ2) is 6.56. The Labute approximate surface area is 108 Å². The highest BCUT2D eigenvalue weighted by atomic mass is 14.9. The molecule has 1 saturated carbocycles. The lowest BCUT2D eigenvalue weighted by molar-refractivity contribution is -0.462. The number of hydrogen-bond acceptors (Lipinski definition) is 0. The molecular weight excluding hydrogens is 206 g/mol. The first-order valence-electron chi connectivity index (χ1n) is 7.54. The minimum atomic E-state index is 0.728. The van der Waals surface area contributed by atoms with E-state index >= 15 is 0 Å². The van der Waals surface area contributed by atoms with Gasteiger partial charge in [0.15, 0.2) is 0 Å². The summed E-state index contributed by atoms with van der Waals surface area (Å²) in [5.41, 5.74) is 0.728. The maximum absolute atomic E-state index is 2.44. The maximum atomic E-state index is 2.44. The molecule has 1 aliphatic rings. The van der Waals surface area contributed by atoms with E-state index in [2.05, 4.69) is 45.7 Å². The molecule has 0 saturated heterocycles. The van der Waals surface area contributed by atoms with Crippen molar-refractivity contribution in [2.75, 3.05) is 14.1 Å². The Morgan fingerprint density at radius 2 is 1.88 bits per heavy atom. The van der Waals surface area contributed by atoms with Gasteiger partial charge in [-0.2, -0.15) is 0 Å². The topological polar surface area (TPSA) is 3.01 Å². The van der Waals surface area contributed by atoms with E-state index < -0.39 is 0 Å². The monoisotopic (exact) mass is 238 g/mol. The molecule has 1 fully saturated rings. The molecule has 0 aromatic carbocycles. The summed E-state index contributed by atoms with van der Waals surface area (Å²) in [4.78, 5) is 0. The number of rotatable bonds is 7. The van der Waals surface area contributed by atoms with Gasteiger partial charge < -0.3 is 0 Å². The molecule has 0 N–H and O–H groups in total. The molecule has 1 heteroatoms. The van der Waals surface area contributed by atoms with Crippen LogP contribution in [0.25, 0.3) is 0 Å². The Kier molecular flexibility index (Phi) is 5.69. The van der Waals surface area contributed by atoms with Gasteiger partial charge in [0.2, 0.25) is 0 Å². The summed E-state index contributed by atoms with van der Waals surface area (Å²) in [5, 5.41) is 0. The highest BCUT2D eigenvalue weighted by Crippen LogP contribution is 2.48. The van der Waals surface area contributed by atoms with E-state index in [4.69, 9.17) is 0 Å². The van der Waals surface area contributed by atoms with Gasteiger partial charge in [0, 0.05) is 5.92 Å². The molecule has 100 valence electrons. The first-order valence-corrected chi connectivity index (χ1v) is 7.54. The standard InChI is InChI=1S/C16H32N/c1-6-14(3)15(13-17(4)5)9-12-16(7-2)10-8-11-16/h13-15H,6-12H2,1-5H3/q+1. The van der Waals surface area contributed by atoms with Crippen molar-refractivity contribution < 1.29 is 4.58 Å². The predicted octanol–water partition coefficient (Wildman–Crippen LogP) is 4.35. The summed E-state index contributed by atoms with van der Waals surface area (Å²) in [5.74, 6) is 1.60. The SMILES string of the molecule is CCC(C)C(C=[N+](C)C)CCC1(CC)CCC1. The van der Waals surface area contributed by atoms with Crippen LogP contribution in [0.4, 0.5) is 0 Å². The van der Waals surface area contributed by atoms with Gasteiger partial charge in [-0.15, -0.1) is 0 Å². The first-order chi connectivity index (χ1) is 8.03. The van der Waals surface area contributed by atoms with Gasteiger partial charge in [-0.25, -0.2) is 4.58 Å². The molecule has 0 radical (unpaired) electrons. The van der Waals surface area contributed by atoms with Crippen molar-refractivity contribution in [3.05, 3.63) is 0 Å². The highest BCUT2D eigenvalue weighted by Gasteiger charge is 2.35. The van der Waals surface area contributed by atoms with E-state index in [1.807, 2.05) is 0 Å². The predicted molar refractivity (Wildman–Crippen MR) is 76.9 cm³/mol. The maximum Gasteiger partial charge on any atom is 0.142 e. The molecule has 0 aromatic rings. The van der Waals surface area contributed by atoms with Crippen molar-refractivity contribution in [1.82, 2.24) is 0 Å². The Morgan fingerprint density at radius 1 is 1.24 bits per heavy atom. The van der Waals surface area contributed by atoms with Crippen LogP contribution in [0.5, 0.6) is 0 Å².